The van der Waals surface area contributed by atoms with Crippen LogP contribution < -0.4 is 0 Å². The van der Waals surface area contributed by atoms with E-state index in [1.807, 2.05) is 0 Å². The zero-order chi connectivity index (χ0) is 28.2. The van der Waals surface area contributed by atoms with Crippen molar-refractivity contribution >= 4 is 23.9 Å². The summed E-state index contributed by atoms with van der Waals surface area (Å²) in [5, 5.41) is 27.4. The highest BCUT2D eigenvalue weighted by atomic mass is 16.6. The second kappa shape index (κ2) is 20.1. The number of hydrogen-bond donors (Lipinski definition) is 3. The van der Waals surface area contributed by atoms with E-state index in [9.17, 15) is 24.3 Å². The first-order valence-electron chi connectivity index (χ1n) is 14.3. The molecule has 0 aromatic heterocycles. The number of esters is 2. The van der Waals surface area contributed by atoms with Gasteiger partial charge in [0.25, 0.3) is 0 Å². The second-order valence-corrected chi connectivity index (χ2v) is 11.6. The van der Waals surface area contributed by atoms with Crippen molar-refractivity contribution in [3.05, 3.63) is 0 Å². The smallest absolute Gasteiger partial charge is 0.336 e. The molecular formula is C29H52O8. The standard InChI is InChI=1S/C29H52O8/c1-28(2,3)21-19-17-15-13-11-9-7-5-4-6-8-10-12-14-16-18-20-25(32)37-26(33)23-29(36,27(34)35)22-24(30)31/h36H,4-23H2,1-3H3,(H,30,31)(H,34,35). The summed E-state index contributed by atoms with van der Waals surface area (Å²) in [6.07, 6.45) is 18.4. The Hall–Kier alpha value is -1.96. The minimum Gasteiger partial charge on any atom is -0.481 e. The van der Waals surface area contributed by atoms with Crippen LogP contribution in [0.3, 0.4) is 0 Å². The molecule has 1 atom stereocenters. The third-order valence-corrected chi connectivity index (χ3v) is 6.56. The molecule has 0 saturated carbocycles. The highest BCUT2D eigenvalue weighted by molar-refractivity contribution is 5.92. The van der Waals surface area contributed by atoms with E-state index < -0.39 is 42.3 Å². The van der Waals surface area contributed by atoms with Crippen molar-refractivity contribution in [3.63, 3.8) is 0 Å². The van der Waals surface area contributed by atoms with E-state index in [1.165, 1.54) is 83.5 Å². The molecule has 8 heteroatoms. The van der Waals surface area contributed by atoms with Gasteiger partial charge in [-0.1, -0.05) is 117 Å². The topological polar surface area (TPSA) is 138 Å². The van der Waals surface area contributed by atoms with E-state index in [0.29, 0.717) is 11.8 Å². The molecule has 0 spiro atoms. The number of carbonyl (C=O) groups excluding carboxylic acids is 2. The van der Waals surface area contributed by atoms with Gasteiger partial charge in [0.1, 0.15) is 0 Å². The lowest BCUT2D eigenvalue weighted by Gasteiger charge is -2.19. The van der Waals surface area contributed by atoms with Crippen LogP contribution in [-0.4, -0.2) is 44.8 Å². The summed E-state index contributed by atoms with van der Waals surface area (Å²) in [6.45, 7) is 6.94. The molecule has 0 aliphatic heterocycles. The quantitative estimate of drug-likeness (QED) is 0.0747. The Labute approximate surface area is 223 Å². The predicted octanol–water partition coefficient (Wildman–Crippen LogP) is 6.80. The molecule has 0 aliphatic carbocycles. The minimum absolute atomic E-state index is 0.0209. The van der Waals surface area contributed by atoms with Crippen molar-refractivity contribution in [1.82, 2.24) is 0 Å². The van der Waals surface area contributed by atoms with E-state index in [2.05, 4.69) is 25.5 Å². The highest BCUT2D eigenvalue weighted by Gasteiger charge is 2.41. The Bertz CT molecular complexity index is 667. The SMILES string of the molecule is CC(C)(C)CCCCCCCCCCCCCCCCCCC(=O)OC(=O)CC(O)(CC(=O)O)C(=O)O. The van der Waals surface area contributed by atoms with Crippen LogP contribution in [0.4, 0.5) is 0 Å². The summed E-state index contributed by atoms with van der Waals surface area (Å²) in [5.41, 5.74) is -2.33. The molecule has 8 nitrogen and oxygen atoms in total. The fourth-order valence-electron chi connectivity index (χ4n) is 4.32. The molecule has 3 N–H and O–H groups in total. The molecule has 0 aromatic rings. The first kappa shape index (κ1) is 35.0. The van der Waals surface area contributed by atoms with Crippen molar-refractivity contribution in [2.75, 3.05) is 0 Å². The van der Waals surface area contributed by atoms with Gasteiger partial charge in [-0.2, -0.15) is 0 Å². The maximum atomic E-state index is 11.7. The van der Waals surface area contributed by atoms with Crippen LogP contribution in [0.25, 0.3) is 0 Å². The molecule has 0 heterocycles. The lowest BCUT2D eigenvalue weighted by atomic mass is 9.89. The van der Waals surface area contributed by atoms with Gasteiger partial charge in [-0.15, -0.1) is 0 Å². The number of carboxylic acid groups (broad SMARTS) is 2. The van der Waals surface area contributed by atoms with E-state index >= 15 is 0 Å². The number of rotatable bonds is 23. The summed E-state index contributed by atoms with van der Waals surface area (Å²) < 4.78 is 4.52. The number of unbranched alkanes of at least 4 members (excludes halogenated alkanes) is 15. The molecule has 37 heavy (non-hydrogen) atoms. The molecule has 0 radical (unpaired) electrons. The first-order valence-corrected chi connectivity index (χ1v) is 14.3. The number of aliphatic hydroxyl groups is 1. The average molecular weight is 529 g/mol. The molecule has 216 valence electrons. The monoisotopic (exact) mass is 528 g/mol. The van der Waals surface area contributed by atoms with Crippen molar-refractivity contribution in [3.8, 4) is 0 Å². The predicted molar refractivity (Wildman–Crippen MR) is 143 cm³/mol. The summed E-state index contributed by atoms with van der Waals surface area (Å²) in [5.74, 6) is -5.48. The van der Waals surface area contributed by atoms with Crippen molar-refractivity contribution in [2.24, 2.45) is 5.41 Å². The Morgan fingerprint density at radius 3 is 1.30 bits per heavy atom. The van der Waals surface area contributed by atoms with Gasteiger partial charge in [0, 0.05) is 6.42 Å². The average Bonchev–Trinajstić information content (AvgIpc) is 2.76. The van der Waals surface area contributed by atoms with Crippen molar-refractivity contribution in [1.29, 1.82) is 0 Å². The third kappa shape index (κ3) is 21.8. The van der Waals surface area contributed by atoms with E-state index in [1.54, 1.807) is 0 Å². The molecule has 0 saturated heterocycles. The van der Waals surface area contributed by atoms with Crippen LogP contribution in [0.5, 0.6) is 0 Å². The Morgan fingerprint density at radius 1 is 0.568 bits per heavy atom. The Balaban J connectivity index is 3.55. The van der Waals surface area contributed by atoms with Gasteiger partial charge in [-0.05, 0) is 18.3 Å². The summed E-state index contributed by atoms with van der Waals surface area (Å²) in [4.78, 5) is 45.2. The molecular weight excluding hydrogens is 476 g/mol. The summed E-state index contributed by atoms with van der Waals surface area (Å²) in [7, 11) is 0. The fraction of sp³-hybridized carbons (Fsp3) is 0.862. The van der Waals surface area contributed by atoms with Gasteiger partial charge in [0.2, 0.25) is 0 Å². The van der Waals surface area contributed by atoms with Crippen molar-refractivity contribution < 1.29 is 39.2 Å². The van der Waals surface area contributed by atoms with Crippen LogP contribution >= 0.6 is 0 Å². The minimum atomic E-state index is -2.80. The molecule has 0 amide bonds. The zero-order valence-corrected chi connectivity index (χ0v) is 23.5. The summed E-state index contributed by atoms with van der Waals surface area (Å²) >= 11 is 0. The first-order chi connectivity index (χ1) is 17.4. The van der Waals surface area contributed by atoms with Gasteiger partial charge in [-0.3, -0.25) is 14.4 Å². The number of hydrogen-bond acceptors (Lipinski definition) is 6. The number of ether oxygens (including phenoxy) is 1. The van der Waals surface area contributed by atoms with Crippen LogP contribution in [0.2, 0.25) is 0 Å². The number of carbonyl (C=O) groups is 4. The Kier molecular flexibility index (Phi) is 19.0. The number of aliphatic carboxylic acids is 2. The van der Waals surface area contributed by atoms with Crippen LogP contribution in [0.15, 0.2) is 0 Å². The van der Waals surface area contributed by atoms with Crippen LogP contribution in [-0.2, 0) is 23.9 Å². The molecule has 0 rings (SSSR count). The van der Waals surface area contributed by atoms with Crippen LogP contribution in [0.1, 0.15) is 149 Å². The molecule has 0 fully saturated rings. The van der Waals surface area contributed by atoms with Gasteiger partial charge >= 0.3 is 23.9 Å². The number of carboxylic acids is 2. The second-order valence-electron chi connectivity index (χ2n) is 11.6. The van der Waals surface area contributed by atoms with E-state index in [-0.39, 0.29) is 6.42 Å². The highest BCUT2D eigenvalue weighted by Crippen LogP contribution is 2.23. The van der Waals surface area contributed by atoms with Gasteiger partial charge in [0.05, 0.1) is 12.8 Å². The molecule has 1 unspecified atom stereocenters. The summed E-state index contributed by atoms with van der Waals surface area (Å²) in [6, 6.07) is 0. The van der Waals surface area contributed by atoms with Gasteiger partial charge in [0.15, 0.2) is 5.60 Å². The normalized spacial score (nSPS) is 13.2. The van der Waals surface area contributed by atoms with Gasteiger partial charge < -0.3 is 20.1 Å². The lowest BCUT2D eigenvalue weighted by molar-refractivity contribution is -0.174. The van der Waals surface area contributed by atoms with E-state index in [4.69, 9.17) is 10.2 Å². The largest absolute Gasteiger partial charge is 0.481 e. The van der Waals surface area contributed by atoms with Gasteiger partial charge in [-0.25, -0.2) is 4.79 Å². The Morgan fingerprint density at radius 2 is 0.946 bits per heavy atom. The maximum absolute atomic E-state index is 11.7. The van der Waals surface area contributed by atoms with Crippen LogP contribution in [0, 0.1) is 5.41 Å². The van der Waals surface area contributed by atoms with E-state index in [0.717, 1.165) is 19.3 Å². The van der Waals surface area contributed by atoms with Crippen molar-refractivity contribution in [2.45, 2.75) is 155 Å². The fourth-order valence-corrected chi connectivity index (χ4v) is 4.32. The third-order valence-electron chi connectivity index (χ3n) is 6.56. The molecule has 0 aliphatic rings. The molecule has 0 bridgehead atoms. The molecule has 0 aromatic carbocycles. The zero-order valence-electron chi connectivity index (χ0n) is 23.5. The lowest BCUT2D eigenvalue weighted by Crippen LogP contribution is -2.43. The maximum Gasteiger partial charge on any atom is 0.336 e.